The lowest BCUT2D eigenvalue weighted by Gasteiger charge is -2.24. The Morgan fingerprint density at radius 1 is 1.07 bits per heavy atom. The Labute approximate surface area is 168 Å². The van der Waals surface area contributed by atoms with Crippen molar-refractivity contribution >= 4 is 5.91 Å². The molecule has 4 nitrogen and oxygen atoms in total. The van der Waals surface area contributed by atoms with Crippen molar-refractivity contribution < 1.29 is 27.4 Å². The standard InChI is InChI=1S/C22H24F3NO3/c1-14(2)21(16-7-8-18-19(13-16)29-10-4-9-28-18)26-20(27)12-15-5-3-6-17(11-15)22(23,24)25/h3,5-8,11,13-14,21H,4,9-10,12H2,1-2H3,(H,26,27). The fourth-order valence-corrected chi connectivity index (χ4v) is 3.28. The van der Waals surface area contributed by atoms with E-state index in [1.807, 2.05) is 32.0 Å². The van der Waals surface area contributed by atoms with E-state index in [0.717, 1.165) is 24.1 Å². The molecule has 0 saturated heterocycles. The Morgan fingerprint density at radius 2 is 1.79 bits per heavy atom. The maximum Gasteiger partial charge on any atom is 0.416 e. The topological polar surface area (TPSA) is 47.6 Å². The molecule has 0 spiro atoms. The Bertz CT molecular complexity index is 865. The van der Waals surface area contributed by atoms with Crippen LogP contribution in [-0.4, -0.2) is 19.1 Å². The molecule has 0 aliphatic carbocycles. The maximum atomic E-state index is 12.9. The number of benzene rings is 2. The molecule has 1 N–H and O–H groups in total. The third kappa shape index (κ3) is 5.43. The van der Waals surface area contributed by atoms with Gasteiger partial charge in [0.2, 0.25) is 5.91 Å². The van der Waals surface area contributed by atoms with Crippen molar-refractivity contribution in [2.75, 3.05) is 13.2 Å². The molecular weight excluding hydrogens is 383 g/mol. The summed E-state index contributed by atoms with van der Waals surface area (Å²) < 4.78 is 50.0. The summed E-state index contributed by atoms with van der Waals surface area (Å²) in [7, 11) is 0. The van der Waals surface area contributed by atoms with Crippen LogP contribution in [0, 0.1) is 5.92 Å². The van der Waals surface area contributed by atoms with Crippen molar-refractivity contribution in [2.45, 2.75) is 38.9 Å². The van der Waals surface area contributed by atoms with E-state index in [-0.39, 0.29) is 24.3 Å². The Kier molecular flexibility index (Phi) is 6.35. The smallest absolute Gasteiger partial charge is 0.416 e. The molecule has 1 aliphatic heterocycles. The van der Waals surface area contributed by atoms with Gasteiger partial charge in [-0.2, -0.15) is 13.2 Å². The second-order valence-corrected chi connectivity index (χ2v) is 7.42. The zero-order valence-corrected chi connectivity index (χ0v) is 16.4. The number of hydrogen-bond acceptors (Lipinski definition) is 3. The van der Waals surface area contributed by atoms with E-state index >= 15 is 0 Å². The zero-order chi connectivity index (χ0) is 21.0. The van der Waals surface area contributed by atoms with E-state index in [4.69, 9.17) is 9.47 Å². The minimum atomic E-state index is -4.43. The molecule has 2 aromatic carbocycles. The van der Waals surface area contributed by atoms with Crippen molar-refractivity contribution in [3.63, 3.8) is 0 Å². The highest BCUT2D eigenvalue weighted by atomic mass is 19.4. The first kappa shape index (κ1) is 21.0. The average Bonchev–Trinajstić information content (AvgIpc) is 2.90. The van der Waals surface area contributed by atoms with Crippen LogP contribution >= 0.6 is 0 Å². The van der Waals surface area contributed by atoms with Crippen LogP contribution in [0.5, 0.6) is 11.5 Å². The molecule has 0 aromatic heterocycles. The number of halogens is 3. The van der Waals surface area contributed by atoms with Crippen molar-refractivity contribution in [3.05, 3.63) is 59.2 Å². The number of fused-ring (bicyclic) bond motifs is 1. The van der Waals surface area contributed by atoms with Gasteiger partial charge in [-0.05, 0) is 35.2 Å². The van der Waals surface area contributed by atoms with Gasteiger partial charge in [0.05, 0.1) is 31.2 Å². The molecule has 1 aliphatic rings. The summed E-state index contributed by atoms with van der Waals surface area (Å²) >= 11 is 0. The highest BCUT2D eigenvalue weighted by Crippen LogP contribution is 2.34. The van der Waals surface area contributed by atoms with Crippen LogP contribution in [-0.2, 0) is 17.4 Å². The first-order valence-electron chi connectivity index (χ1n) is 9.59. The maximum absolute atomic E-state index is 12.9. The summed E-state index contributed by atoms with van der Waals surface area (Å²) in [4.78, 5) is 12.6. The first-order chi connectivity index (χ1) is 13.7. The summed E-state index contributed by atoms with van der Waals surface area (Å²) in [6, 6.07) is 10.1. The summed E-state index contributed by atoms with van der Waals surface area (Å²) in [5.41, 5.74) is 0.422. The molecule has 1 heterocycles. The van der Waals surface area contributed by atoms with Gasteiger partial charge < -0.3 is 14.8 Å². The van der Waals surface area contributed by atoms with E-state index in [9.17, 15) is 18.0 Å². The summed E-state index contributed by atoms with van der Waals surface area (Å²) in [6.07, 6.45) is -3.76. The molecule has 0 saturated carbocycles. The Hall–Kier alpha value is -2.70. The van der Waals surface area contributed by atoms with Crippen molar-refractivity contribution in [1.29, 1.82) is 0 Å². The van der Waals surface area contributed by atoms with Gasteiger partial charge in [-0.25, -0.2) is 0 Å². The molecule has 3 rings (SSSR count). The minimum Gasteiger partial charge on any atom is -0.490 e. The highest BCUT2D eigenvalue weighted by molar-refractivity contribution is 5.79. The highest BCUT2D eigenvalue weighted by Gasteiger charge is 2.30. The fourth-order valence-electron chi connectivity index (χ4n) is 3.28. The van der Waals surface area contributed by atoms with Crippen LogP contribution < -0.4 is 14.8 Å². The van der Waals surface area contributed by atoms with Gasteiger partial charge in [0.1, 0.15) is 0 Å². The third-order valence-corrected chi connectivity index (χ3v) is 4.73. The number of amides is 1. The second kappa shape index (κ2) is 8.76. The van der Waals surface area contributed by atoms with Crippen LogP contribution in [0.25, 0.3) is 0 Å². The first-order valence-corrected chi connectivity index (χ1v) is 9.59. The van der Waals surface area contributed by atoms with E-state index in [0.29, 0.717) is 30.3 Å². The Balaban J connectivity index is 1.74. The van der Waals surface area contributed by atoms with Gasteiger partial charge in [0.25, 0.3) is 0 Å². The van der Waals surface area contributed by atoms with Crippen molar-refractivity contribution in [2.24, 2.45) is 5.92 Å². The number of carbonyl (C=O) groups is 1. The van der Waals surface area contributed by atoms with Gasteiger partial charge in [-0.1, -0.05) is 38.1 Å². The lowest BCUT2D eigenvalue weighted by atomic mass is 9.95. The monoisotopic (exact) mass is 407 g/mol. The average molecular weight is 407 g/mol. The normalized spacial score (nSPS) is 15.0. The van der Waals surface area contributed by atoms with Crippen molar-refractivity contribution in [3.8, 4) is 11.5 Å². The van der Waals surface area contributed by atoms with Gasteiger partial charge in [-0.15, -0.1) is 0 Å². The van der Waals surface area contributed by atoms with Crippen LogP contribution in [0.2, 0.25) is 0 Å². The Morgan fingerprint density at radius 3 is 2.48 bits per heavy atom. The van der Waals surface area contributed by atoms with Gasteiger partial charge >= 0.3 is 6.18 Å². The predicted molar refractivity (Wildman–Crippen MR) is 103 cm³/mol. The molecule has 7 heteroatoms. The quantitative estimate of drug-likeness (QED) is 0.765. The number of ether oxygens (including phenoxy) is 2. The zero-order valence-electron chi connectivity index (χ0n) is 16.4. The number of hydrogen-bond donors (Lipinski definition) is 1. The predicted octanol–water partition coefficient (Wildman–Crippen LogP) is 4.92. The SMILES string of the molecule is CC(C)C(NC(=O)Cc1cccc(C(F)(F)F)c1)c1ccc2c(c1)OCCCO2. The molecule has 0 fully saturated rings. The molecule has 0 radical (unpaired) electrons. The van der Waals surface area contributed by atoms with Gasteiger partial charge in [0, 0.05) is 6.42 Å². The number of rotatable bonds is 5. The summed E-state index contributed by atoms with van der Waals surface area (Å²) in [5, 5.41) is 2.95. The molecule has 1 atom stereocenters. The lowest BCUT2D eigenvalue weighted by Crippen LogP contribution is -2.33. The minimum absolute atomic E-state index is 0.0743. The number of alkyl halides is 3. The third-order valence-electron chi connectivity index (χ3n) is 4.73. The fraction of sp³-hybridized carbons (Fsp3) is 0.409. The molecule has 0 bridgehead atoms. The van der Waals surface area contributed by atoms with Crippen molar-refractivity contribution in [1.82, 2.24) is 5.32 Å². The van der Waals surface area contributed by atoms with Gasteiger partial charge in [0.15, 0.2) is 11.5 Å². The van der Waals surface area contributed by atoms with E-state index < -0.39 is 11.7 Å². The summed E-state index contributed by atoms with van der Waals surface area (Å²) in [5.74, 6) is 1.04. The number of nitrogens with one attached hydrogen (secondary N) is 1. The van der Waals surface area contributed by atoms with Crippen LogP contribution in [0.1, 0.15) is 43.0 Å². The lowest BCUT2D eigenvalue weighted by molar-refractivity contribution is -0.137. The van der Waals surface area contributed by atoms with Crippen LogP contribution in [0.15, 0.2) is 42.5 Å². The van der Waals surface area contributed by atoms with Crippen LogP contribution in [0.3, 0.4) is 0 Å². The number of carbonyl (C=O) groups excluding carboxylic acids is 1. The molecular formula is C22H24F3NO3. The van der Waals surface area contributed by atoms with E-state index in [1.54, 1.807) is 0 Å². The molecule has 1 amide bonds. The summed E-state index contributed by atoms with van der Waals surface area (Å²) in [6.45, 7) is 5.09. The molecule has 29 heavy (non-hydrogen) atoms. The van der Waals surface area contributed by atoms with Crippen LogP contribution in [0.4, 0.5) is 13.2 Å². The molecule has 1 unspecified atom stereocenters. The molecule has 156 valence electrons. The second-order valence-electron chi connectivity index (χ2n) is 7.42. The van der Waals surface area contributed by atoms with E-state index in [2.05, 4.69) is 5.32 Å². The van der Waals surface area contributed by atoms with E-state index in [1.165, 1.54) is 12.1 Å². The largest absolute Gasteiger partial charge is 0.490 e. The van der Waals surface area contributed by atoms with Gasteiger partial charge in [-0.3, -0.25) is 4.79 Å². The molecule has 2 aromatic rings.